The van der Waals surface area contributed by atoms with Crippen LogP contribution in [-0.4, -0.2) is 35.2 Å². The Kier molecular flexibility index (Phi) is 5.31. The number of hydrogen-bond donors (Lipinski definition) is 3. The number of anilines is 1. The van der Waals surface area contributed by atoms with E-state index in [0.717, 1.165) is 0 Å². The van der Waals surface area contributed by atoms with E-state index in [0.29, 0.717) is 18.7 Å². The Balaban J connectivity index is 2.53. The molecular weight excluding hydrogens is 234 g/mol. The van der Waals surface area contributed by atoms with E-state index in [4.69, 9.17) is 5.73 Å². The summed E-state index contributed by atoms with van der Waals surface area (Å²) in [7, 11) is 1.56. The lowest BCUT2D eigenvalue weighted by Crippen LogP contribution is -2.24. The summed E-state index contributed by atoms with van der Waals surface area (Å²) < 4.78 is 1.46. The Morgan fingerprint density at radius 3 is 2.89 bits per heavy atom. The third kappa shape index (κ3) is 4.17. The lowest BCUT2D eigenvalue weighted by molar-refractivity contribution is -0.121. The first kappa shape index (κ1) is 14.2. The van der Waals surface area contributed by atoms with Gasteiger partial charge in [-0.05, 0) is 13.0 Å². The Hall–Kier alpha value is -1.89. The molecule has 0 saturated carbocycles. The van der Waals surface area contributed by atoms with E-state index in [2.05, 4.69) is 15.7 Å². The molecule has 0 fully saturated rings. The summed E-state index contributed by atoms with van der Waals surface area (Å²) in [6, 6.07) is 0. The molecule has 1 heterocycles. The van der Waals surface area contributed by atoms with Gasteiger partial charge >= 0.3 is 0 Å². The molecule has 0 saturated heterocycles. The van der Waals surface area contributed by atoms with Gasteiger partial charge in [0, 0.05) is 19.2 Å². The van der Waals surface area contributed by atoms with Crippen molar-refractivity contribution in [1.82, 2.24) is 15.1 Å². The highest BCUT2D eigenvalue weighted by Gasteiger charge is 2.13. The van der Waals surface area contributed by atoms with Gasteiger partial charge in [0.1, 0.15) is 6.54 Å². The summed E-state index contributed by atoms with van der Waals surface area (Å²) >= 11 is 0. The quantitative estimate of drug-likeness (QED) is 0.639. The predicted molar refractivity (Wildman–Crippen MR) is 67.8 cm³/mol. The predicted octanol–water partition coefficient (Wildman–Crippen LogP) is -0.447. The molecule has 1 aromatic rings. The van der Waals surface area contributed by atoms with Crippen molar-refractivity contribution in [2.75, 3.05) is 18.9 Å². The van der Waals surface area contributed by atoms with Crippen LogP contribution in [0.25, 0.3) is 0 Å². The molecule has 0 aliphatic rings. The van der Waals surface area contributed by atoms with Crippen LogP contribution in [0.4, 0.5) is 5.69 Å². The first-order valence-electron chi connectivity index (χ1n) is 5.80. The highest BCUT2D eigenvalue weighted by atomic mass is 16.2. The molecule has 0 spiro atoms. The number of aromatic nitrogens is 2. The zero-order chi connectivity index (χ0) is 13.5. The molecule has 1 unspecified atom stereocenters. The second kappa shape index (κ2) is 6.75. The zero-order valence-corrected chi connectivity index (χ0v) is 10.6. The maximum Gasteiger partial charge on any atom is 0.241 e. The van der Waals surface area contributed by atoms with Gasteiger partial charge in [0.15, 0.2) is 0 Å². The molecule has 7 nitrogen and oxygen atoms in total. The minimum atomic E-state index is -0.146. The molecule has 1 atom stereocenters. The third-order valence-corrected chi connectivity index (χ3v) is 2.53. The van der Waals surface area contributed by atoms with E-state index in [1.807, 2.05) is 6.92 Å². The topological polar surface area (TPSA) is 102 Å². The van der Waals surface area contributed by atoms with Crippen molar-refractivity contribution in [2.24, 2.45) is 11.7 Å². The average Bonchev–Trinajstić information content (AvgIpc) is 2.76. The number of carbonyl (C=O) groups is 2. The molecule has 7 heteroatoms. The maximum atomic E-state index is 11.7. The summed E-state index contributed by atoms with van der Waals surface area (Å²) in [5, 5.41) is 9.20. The summed E-state index contributed by atoms with van der Waals surface area (Å²) in [4.78, 5) is 22.8. The monoisotopic (exact) mass is 253 g/mol. The molecule has 2 amide bonds. The lowest BCUT2D eigenvalue weighted by atomic mass is 10.1. The Bertz CT molecular complexity index is 415. The van der Waals surface area contributed by atoms with Crippen molar-refractivity contribution < 1.29 is 9.59 Å². The number of carbonyl (C=O) groups excluding carboxylic acids is 2. The van der Waals surface area contributed by atoms with Crippen molar-refractivity contribution in [3.8, 4) is 0 Å². The molecule has 1 aromatic heterocycles. The first-order chi connectivity index (χ1) is 8.56. The fraction of sp³-hybridized carbons (Fsp3) is 0.545. The van der Waals surface area contributed by atoms with E-state index in [-0.39, 0.29) is 24.3 Å². The fourth-order valence-electron chi connectivity index (χ4n) is 1.39. The van der Waals surface area contributed by atoms with E-state index in [9.17, 15) is 9.59 Å². The van der Waals surface area contributed by atoms with Gasteiger partial charge in [-0.3, -0.25) is 14.3 Å². The van der Waals surface area contributed by atoms with Crippen LogP contribution in [0, 0.1) is 5.92 Å². The Morgan fingerprint density at radius 1 is 1.56 bits per heavy atom. The highest BCUT2D eigenvalue weighted by Crippen LogP contribution is 2.09. The Labute approximate surface area is 106 Å². The SMILES string of the molecule is CNC(=O)Cn1cc(NC(=O)C(C)CCN)cn1. The van der Waals surface area contributed by atoms with Gasteiger partial charge < -0.3 is 16.4 Å². The van der Waals surface area contributed by atoms with Gasteiger partial charge in [0.2, 0.25) is 11.8 Å². The first-order valence-corrected chi connectivity index (χ1v) is 5.80. The van der Waals surface area contributed by atoms with Crippen LogP contribution in [0.2, 0.25) is 0 Å². The molecule has 100 valence electrons. The van der Waals surface area contributed by atoms with Crippen LogP contribution in [0.5, 0.6) is 0 Å². The van der Waals surface area contributed by atoms with Crippen molar-refractivity contribution >= 4 is 17.5 Å². The standard InChI is InChI=1S/C11H19N5O2/c1-8(3-4-12)11(18)15-9-5-14-16(6-9)7-10(17)13-2/h5-6,8H,3-4,7,12H2,1-2H3,(H,13,17)(H,15,18). The molecule has 4 N–H and O–H groups in total. The van der Waals surface area contributed by atoms with Crippen LogP contribution < -0.4 is 16.4 Å². The fourth-order valence-corrected chi connectivity index (χ4v) is 1.39. The molecule has 0 radical (unpaired) electrons. The number of hydrogen-bond acceptors (Lipinski definition) is 4. The van der Waals surface area contributed by atoms with Crippen molar-refractivity contribution in [3.05, 3.63) is 12.4 Å². The number of likely N-dealkylation sites (N-methyl/N-ethyl adjacent to an activating group) is 1. The van der Waals surface area contributed by atoms with E-state index in [1.54, 1.807) is 13.2 Å². The van der Waals surface area contributed by atoms with Crippen LogP contribution in [0.1, 0.15) is 13.3 Å². The van der Waals surface area contributed by atoms with Crippen molar-refractivity contribution in [3.63, 3.8) is 0 Å². The minimum absolute atomic E-state index is 0.0973. The van der Waals surface area contributed by atoms with Crippen molar-refractivity contribution in [1.29, 1.82) is 0 Å². The lowest BCUT2D eigenvalue weighted by Gasteiger charge is -2.09. The number of nitrogens with one attached hydrogen (secondary N) is 2. The number of nitrogens with two attached hydrogens (primary N) is 1. The van der Waals surface area contributed by atoms with Crippen LogP contribution >= 0.6 is 0 Å². The third-order valence-electron chi connectivity index (χ3n) is 2.53. The summed E-state index contributed by atoms with van der Waals surface area (Å²) in [5.41, 5.74) is 5.97. The molecule has 0 aromatic carbocycles. The van der Waals surface area contributed by atoms with Crippen molar-refractivity contribution in [2.45, 2.75) is 19.9 Å². The average molecular weight is 253 g/mol. The Morgan fingerprint density at radius 2 is 2.28 bits per heavy atom. The van der Waals surface area contributed by atoms with Gasteiger partial charge in [-0.15, -0.1) is 0 Å². The molecular formula is C11H19N5O2. The summed E-state index contributed by atoms with van der Waals surface area (Å²) in [6.07, 6.45) is 3.76. The number of amides is 2. The van der Waals surface area contributed by atoms with Gasteiger partial charge in [-0.25, -0.2) is 0 Å². The normalized spacial score (nSPS) is 11.9. The van der Waals surface area contributed by atoms with Gasteiger partial charge in [0.25, 0.3) is 0 Å². The van der Waals surface area contributed by atoms with Gasteiger partial charge in [-0.1, -0.05) is 6.92 Å². The number of nitrogens with zero attached hydrogens (tertiary/aromatic N) is 2. The van der Waals surface area contributed by atoms with E-state index in [1.165, 1.54) is 10.9 Å². The molecule has 0 aliphatic heterocycles. The second-order valence-corrected chi connectivity index (χ2v) is 4.07. The molecule has 18 heavy (non-hydrogen) atoms. The maximum absolute atomic E-state index is 11.7. The van der Waals surface area contributed by atoms with Crippen LogP contribution in [0.3, 0.4) is 0 Å². The largest absolute Gasteiger partial charge is 0.358 e. The molecule has 1 rings (SSSR count). The summed E-state index contributed by atoms with van der Waals surface area (Å²) in [6.45, 7) is 2.42. The van der Waals surface area contributed by atoms with Gasteiger partial charge in [0.05, 0.1) is 11.9 Å². The highest BCUT2D eigenvalue weighted by molar-refractivity contribution is 5.92. The van der Waals surface area contributed by atoms with Crippen LogP contribution in [-0.2, 0) is 16.1 Å². The zero-order valence-electron chi connectivity index (χ0n) is 10.6. The molecule has 0 aliphatic carbocycles. The number of rotatable bonds is 6. The van der Waals surface area contributed by atoms with E-state index < -0.39 is 0 Å². The minimum Gasteiger partial charge on any atom is -0.358 e. The summed E-state index contributed by atoms with van der Waals surface area (Å²) in [5.74, 6) is -0.385. The van der Waals surface area contributed by atoms with Crippen LogP contribution in [0.15, 0.2) is 12.4 Å². The van der Waals surface area contributed by atoms with Gasteiger partial charge in [-0.2, -0.15) is 5.10 Å². The van der Waals surface area contributed by atoms with E-state index >= 15 is 0 Å². The molecule has 0 bridgehead atoms. The second-order valence-electron chi connectivity index (χ2n) is 4.07. The smallest absolute Gasteiger partial charge is 0.241 e.